The summed E-state index contributed by atoms with van der Waals surface area (Å²) in [6, 6.07) is 1.93. The standard InChI is InChI=1S/C18H28N4O3S/c1-14(2)20-16(23)12-21-7-9-22(10-8-21)17(24)4-3-6-19-18(25)15-5-11-26-13-15/h5,11,13-14H,3-4,6-10,12H2,1-2H3,(H,19,25)(H,20,23). The summed E-state index contributed by atoms with van der Waals surface area (Å²) in [5.74, 6) is 0.0502. The van der Waals surface area contributed by atoms with Crippen LogP contribution in [0, 0.1) is 0 Å². The quantitative estimate of drug-likeness (QED) is 0.658. The summed E-state index contributed by atoms with van der Waals surface area (Å²) >= 11 is 1.49. The molecule has 0 bridgehead atoms. The van der Waals surface area contributed by atoms with Crippen LogP contribution in [-0.2, 0) is 9.59 Å². The van der Waals surface area contributed by atoms with Gasteiger partial charge in [-0.15, -0.1) is 0 Å². The number of amides is 3. The molecule has 0 aliphatic carbocycles. The Hall–Kier alpha value is -1.93. The largest absolute Gasteiger partial charge is 0.353 e. The maximum atomic E-state index is 12.3. The summed E-state index contributed by atoms with van der Waals surface area (Å²) in [7, 11) is 0. The first-order valence-electron chi connectivity index (χ1n) is 9.05. The Labute approximate surface area is 158 Å². The van der Waals surface area contributed by atoms with E-state index in [1.807, 2.05) is 24.1 Å². The Balaban J connectivity index is 1.59. The van der Waals surface area contributed by atoms with Gasteiger partial charge in [0, 0.05) is 56.1 Å². The number of piperazine rings is 1. The lowest BCUT2D eigenvalue weighted by Crippen LogP contribution is -2.51. The first-order valence-corrected chi connectivity index (χ1v) is 10.00. The van der Waals surface area contributed by atoms with Gasteiger partial charge >= 0.3 is 0 Å². The molecular formula is C18H28N4O3S. The number of hydrogen-bond acceptors (Lipinski definition) is 5. The van der Waals surface area contributed by atoms with E-state index in [1.54, 1.807) is 11.4 Å². The third-order valence-electron chi connectivity index (χ3n) is 4.18. The van der Waals surface area contributed by atoms with E-state index in [4.69, 9.17) is 0 Å². The van der Waals surface area contributed by atoms with E-state index in [1.165, 1.54) is 11.3 Å². The Morgan fingerprint density at radius 3 is 2.54 bits per heavy atom. The molecular weight excluding hydrogens is 352 g/mol. The molecule has 1 saturated heterocycles. The van der Waals surface area contributed by atoms with E-state index in [-0.39, 0.29) is 23.8 Å². The van der Waals surface area contributed by atoms with Gasteiger partial charge < -0.3 is 15.5 Å². The number of carbonyl (C=O) groups excluding carboxylic acids is 3. The van der Waals surface area contributed by atoms with Gasteiger partial charge in [0.25, 0.3) is 5.91 Å². The summed E-state index contributed by atoms with van der Waals surface area (Å²) in [6.45, 7) is 7.49. The van der Waals surface area contributed by atoms with Crippen LogP contribution in [0.5, 0.6) is 0 Å². The lowest BCUT2D eigenvalue weighted by atomic mass is 10.2. The van der Waals surface area contributed by atoms with Crippen molar-refractivity contribution in [1.82, 2.24) is 20.4 Å². The van der Waals surface area contributed by atoms with E-state index in [0.717, 1.165) is 0 Å². The fourth-order valence-corrected chi connectivity index (χ4v) is 3.46. The Morgan fingerprint density at radius 1 is 1.19 bits per heavy atom. The molecule has 1 aliphatic heterocycles. The monoisotopic (exact) mass is 380 g/mol. The van der Waals surface area contributed by atoms with Crippen LogP contribution in [0.1, 0.15) is 37.0 Å². The zero-order chi connectivity index (χ0) is 18.9. The maximum Gasteiger partial charge on any atom is 0.252 e. The van der Waals surface area contributed by atoms with Crippen LogP contribution in [0.25, 0.3) is 0 Å². The van der Waals surface area contributed by atoms with Crippen molar-refractivity contribution in [3.05, 3.63) is 22.4 Å². The van der Waals surface area contributed by atoms with Gasteiger partial charge in [-0.1, -0.05) is 0 Å². The Kier molecular flexibility index (Phi) is 8.06. The molecule has 2 N–H and O–H groups in total. The van der Waals surface area contributed by atoms with Crippen molar-refractivity contribution in [1.29, 1.82) is 0 Å². The third kappa shape index (κ3) is 6.76. The molecule has 1 aromatic rings. The molecule has 8 heteroatoms. The third-order valence-corrected chi connectivity index (χ3v) is 4.86. The Bertz CT molecular complexity index is 596. The first kappa shape index (κ1) is 20.4. The highest BCUT2D eigenvalue weighted by Gasteiger charge is 2.22. The van der Waals surface area contributed by atoms with E-state index in [2.05, 4.69) is 15.5 Å². The van der Waals surface area contributed by atoms with E-state index >= 15 is 0 Å². The van der Waals surface area contributed by atoms with Crippen molar-refractivity contribution in [2.24, 2.45) is 0 Å². The normalized spacial score (nSPS) is 15.1. The van der Waals surface area contributed by atoms with E-state index in [9.17, 15) is 14.4 Å². The topological polar surface area (TPSA) is 81.8 Å². The number of carbonyl (C=O) groups is 3. The predicted octanol–water partition coefficient (Wildman–Crippen LogP) is 0.927. The Morgan fingerprint density at radius 2 is 1.92 bits per heavy atom. The molecule has 144 valence electrons. The van der Waals surface area contributed by atoms with Crippen LogP contribution < -0.4 is 10.6 Å². The fourth-order valence-electron chi connectivity index (χ4n) is 2.82. The van der Waals surface area contributed by atoms with Gasteiger partial charge in [0.15, 0.2) is 0 Å². The number of nitrogens with zero attached hydrogens (tertiary/aromatic N) is 2. The fraction of sp³-hybridized carbons (Fsp3) is 0.611. The number of nitrogens with one attached hydrogen (secondary N) is 2. The molecule has 1 aromatic heterocycles. The molecule has 1 aliphatic rings. The molecule has 0 unspecified atom stereocenters. The molecule has 0 radical (unpaired) electrons. The van der Waals surface area contributed by atoms with Crippen LogP contribution in [-0.4, -0.2) is 72.8 Å². The lowest BCUT2D eigenvalue weighted by Gasteiger charge is -2.34. The molecule has 0 spiro atoms. The van der Waals surface area contributed by atoms with Crippen molar-refractivity contribution < 1.29 is 14.4 Å². The second kappa shape index (κ2) is 10.3. The van der Waals surface area contributed by atoms with Crippen molar-refractivity contribution in [3.8, 4) is 0 Å². The number of rotatable bonds is 8. The zero-order valence-corrected chi connectivity index (χ0v) is 16.3. The van der Waals surface area contributed by atoms with Gasteiger partial charge in [-0.2, -0.15) is 11.3 Å². The second-order valence-corrected chi connectivity index (χ2v) is 7.53. The van der Waals surface area contributed by atoms with Crippen molar-refractivity contribution in [3.63, 3.8) is 0 Å². The molecule has 26 heavy (non-hydrogen) atoms. The zero-order valence-electron chi connectivity index (χ0n) is 15.5. The minimum absolute atomic E-state index is 0.0288. The second-order valence-electron chi connectivity index (χ2n) is 6.75. The minimum Gasteiger partial charge on any atom is -0.353 e. The maximum absolute atomic E-state index is 12.3. The van der Waals surface area contributed by atoms with E-state index in [0.29, 0.717) is 57.7 Å². The van der Waals surface area contributed by atoms with Crippen LogP contribution in [0.2, 0.25) is 0 Å². The highest BCUT2D eigenvalue weighted by Crippen LogP contribution is 2.07. The smallest absolute Gasteiger partial charge is 0.252 e. The van der Waals surface area contributed by atoms with Gasteiger partial charge in [-0.25, -0.2) is 0 Å². The molecule has 0 atom stereocenters. The molecule has 1 fully saturated rings. The van der Waals surface area contributed by atoms with Gasteiger partial charge in [-0.05, 0) is 31.7 Å². The van der Waals surface area contributed by atoms with Crippen molar-refractivity contribution in [2.75, 3.05) is 39.3 Å². The van der Waals surface area contributed by atoms with Gasteiger partial charge in [-0.3, -0.25) is 19.3 Å². The lowest BCUT2D eigenvalue weighted by molar-refractivity contribution is -0.133. The molecule has 2 heterocycles. The molecule has 3 amide bonds. The van der Waals surface area contributed by atoms with Crippen LogP contribution in [0.3, 0.4) is 0 Å². The average molecular weight is 381 g/mol. The molecule has 0 saturated carbocycles. The molecule has 7 nitrogen and oxygen atoms in total. The predicted molar refractivity (Wildman–Crippen MR) is 102 cm³/mol. The van der Waals surface area contributed by atoms with E-state index < -0.39 is 0 Å². The van der Waals surface area contributed by atoms with Crippen LogP contribution >= 0.6 is 11.3 Å². The minimum atomic E-state index is -0.0908. The molecule has 0 aromatic carbocycles. The summed E-state index contributed by atoms with van der Waals surface area (Å²) in [6.07, 6.45) is 1.06. The summed E-state index contributed by atoms with van der Waals surface area (Å²) in [4.78, 5) is 39.8. The molecule has 2 rings (SSSR count). The first-order chi connectivity index (χ1) is 12.5. The summed E-state index contributed by atoms with van der Waals surface area (Å²) in [5.41, 5.74) is 0.666. The van der Waals surface area contributed by atoms with Crippen LogP contribution in [0.4, 0.5) is 0 Å². The van der Waals surface area contributed by atoms with Crippen molar-refractivity contribution in [2.45, 2.75) is 32.7 Å². The summed E-state index contributed by atoms with van der Waals surface area (Å²) in [5, 5.41) is 9.39. The van der Waals surface area contributed by atoms with Crippen LogP contribution in [0.15, 0.2) is 16.8 Å². The average Bonchev–Trinajstić information content (AvgIpc) is 3.13. The van der Waals surface area contributed by atoms with Crippen molar-refractivity contribution >= 4 is 29.1 Å². The highest BCUT2D eigenvalue weighted by atomic mass is 32.1. The SMILES string of the molecule is CC(C)NC(=O)CN1CCN(C(=O)CCCNC(=O)c2ccsc2)CC1. The van der Waals surface area contributed by atoms with Gasteiger partial charge in [0.1, 0.15) is 0 Å². The number of thiophene rings is 1. The summed E-state index contributed by atoms with van der Waals surface area (Å²) < 4.78 is 0. The van der Waals surface area contributed by atoms with Gasteiger partial charge in [0.05, 0.1) is 6.54 Å². The highest BCUT2D eigenvalue weighted by molar-refractivity contribution is 7.08. The van der Waals surface area contributed by atoms with Gasteiger partial charge in [0.2, 0.25) is 11.8 Å². The number of hydrogen-bond donors (Lipinski definition) is 2.